The molecule has 8 nitrogen and oxygen atoms in total. The van der Waals surface area contributed by atoms with Crippen LogP contribution in [-0.4, -0.2) is 70.9 Å². The van der Waals surface area contributed by atoms with Gasteiger partial charge in [-0.2, -0.15) is 5.26 Å². The van der Waals surface area contributed by atoms with Crippen LogP contribution >= 0.6 is 0 Å². The van der Waals surface area contributed by atoms with E-state index in [-0.39, 0.29) is 17.9 Å². The van der Waals surface area contributed by atoms with Gasteiger partial charge in [0.25, 0.3) is 0 Å². The van der Waals surface area contributed by atoms with Gasteiger partial charge in [-0.15, -0.1) is 0 Å². The molecule has 0 radical (unpaired) electrons. The minimum absolute atomic E-state index is 0.0828. The monoisotopic (exact) mass is 513 g/mol. The topological polar surface area (TPSA) is 92.9 Å². The number of nitriles is 1. The second-order valence-corrected chi connectivity index (χ2v) is 11.4. The minimum atomic E-state index is -0.570. The van der Waals surface area contributed by atoms with Crippen molar-refractivity contribution < 1.29 is 14.6 Å². The second kappa shape index (κ2) is 9.80. The van der Waals surface area contributed by atoms with E-state index in [4.69, 9.17) is 9.72 Å². The summed E-state index contributed by atoms with van der Waals surface area (Å²) in [6, 6.07) is 13.8. The highest BCUT2D eigenvalue weighted by Gasteiger charge is 2.33. The van der Waals surface area contributed by atoms with E-state index in [1.54, 1.807) is 17.0 Å². The Bertz CT molecular complexity index is 1440. The van der Waals surface area contributed by atoms with Crippen molar-refractivity contribution in [2.75, 3.05) is 38.1 Å². The number of carbonyl (C=O) groups is 1. The molecule has 2 aromatic carbocycles. The summed E-state index contributed by atoms with van der Waals surface area (Å²) in [5.74, 6) is 0.0828. The Labute approximate surface area is 224 Å². The second-order valence-electron chi connectivity index (χ2n) is 11.4. The van der Waals surface area contributed by atoms with Gasteiger partial charge < -0.3 is 24.5 Å². The Morgan fingerprint density at radius 2 is 1.92 bits per heavy atom. The number of para-hydroxylation sites is 1. The van der Waals surface area contributed by atoms with Gasteiger partial charge in [-0.25, -0.2) is 9.78 Å². The van der Waals surface area contributed by atoms with Gasteiger partial charge in [0, 0.05) is 49.7 Å². The van der Waals surface area contributed by atoms with Crippen LogP contribution in [0, 0.1) is 11.3 Å². The third-order valence-electron chi connectivity index (χ3n) is 7.36. The Morgan fingerprint density at radius 3 is 2.63 bits per heavy atom. The number of piperazine rings is 1. The van der Waals surface area contributed by atoms with E-state index in [2.05, 4.69) is 29.0 Å². The molecule has 1 fully saturated rings. The number of phenols is 1. The number of rotatable bonds is 2. The maximum Gasteiger partial charge on any atom is 0.410 e. The molecule has 0 unspecified atom stereocenters. The van der Waals surface area contributed by atoms with Crippen LogP contribution in [0.15, 0.2) is 36.4 Å². The van der Waals surface area contributed by atoms with Crippen molar-refractivity contribution in [3.63, 3.8) is 0 Å². The third-order valence-corrected chi connectivity index (χ3v) is 7.36. The van der Waals surface area contributed by atoms with Gasteiger partial charge in [0.15, 0.2) is 0 Å². The van der Waals surface area contributed by atoms with Crippen LogP contribution < -0.4 is 4.90 Å². The molecular weight excluding hydrogens is 478 g/mol. The van der Waals surface area contributed by atoms with Crippen molar-refractivity contribution in [3.05, 3.63) is 53.1 Å². The Kier molecular flexibility index (Phi) is 6.66. The van der Waals surface area contributed by atoms with Gasteiger partial charge in [0.2, 0.25) is 0 Å². The van der Waals surface area contributed by atoms with Crippen LogP contribution in [0.5, 0.6) is 5.75 Å². The molecule has 2 aliphatic rings. The first-order valence-electron chi connectivity index (χ1n) is 13.2. The lowest BCUT2D eigenvalue weighted by Crippen LogP contribution is -2.55. The van der Waals surface area contributed by atoms with Gasteiger partial charge in [-0.05, 0) is 58.4 Å². The fraction of sp³-hybridized carbons (Fsp3) is 0.433. The average Bonchev–Trinajstić information content (AvgIpc) is 2.86. The summed E-state index contributed by atoms with van der Waals surface area (Å²) in [6.45, 7) is 10.9. The van der Waals surface area contributed by atoms with E-state index >= 15 is 0 Å². The van der Waals surface area contributed by atoms with Crippen LogP contribution in [0.1, 0.15) is 44.4 Å². The van der Waals surface area contributed by atoms with Crippen molar-refractivity contribution in [2.24, 2.45) is 0 Å². The summed E-state index contributed by atoms with van der Waals surface area (Å²) >= 11 is 0. The molecule has 198 valence electrons. The van der Waals surface area contributed by atoms with Gasteiger partial charge >= 0.3 is 6.09 Å². The number of benzene rings is 2. The van der Waals surface area contributed by atoms with Crippen LogP contribution in [0.4, 0.5) is 10.5 Å². The molecule has 0 spiro atoms. The van der Waals surface area contributed by atoms with Gasteiger partial charge in [0.1, 0.15) is 28.5 Å². The smallest absolute Gasteiger partial charge is 0.410 e. The Morgan fingerprint density at radius 1 is 1.16 bits per heavy atom. The minimum Gasteiger partial charge on any atom is -0.506 e. The number of fused-ring (bicyclic) bond motifs is 2. The number of anilines is 1. The number of pyridine rings is 1. The quantitative estimate of drug-likeness (QED) is 0.520. The number of phenolic OH excluding ortho intramolecular Hbond substituents is 1. The molecule has 38 heavy (non-hydrogen) atoms. The number of nitrogens with zero attached hydrogens (tertiary/aromatic N) is 5. The molecule has 0 bridgehead atoms. The molecule has 5 rings (SSSR count). The third kappa shape index (κ3) is 4.74. The molecule has 0 aliphatic carbocycles. The lowest BCUT2D eigenvalue weighted by molar-refractivity contribution is 0.0159. The number of carbonyl (C=O) groups excluding carboxylic acids is 1. The molecule has 1 saturated heterocycles. The first-order chi connectivity index (χ1) is 18.1. The number of aromatic hydroxyl groups is 1. The summed E-state index contributed by atoms with van der Waals surface area (Å²) in [5, 5.41) is 22.1. The van der Waals surface area contributed by atoms with Crippen LogP contribution in [0.3, 0.4) is 0 Å². The molecule has 8 heteroatoms. The van der Waals surface area contributed by atoms with Gasteiger partial charge in [-0.3, -0.25) is 0 Å². The number of amides is 1. The highest BCUT2D eigenvalue weighted by atomic mass is 16.6. The summed E-state index contributed by atoms with van der Waals surface area (Å²) in [7, 11) is 2.11. The zero-order valence-corrected chi connectivity index (χ0v) is 22.8. The summed E-state index contributed by atoms with van der Waals surface area (Å²) in [4.78, 5) is 23.9. The summed E-state index contributed by atoms with van der Waals surface area (Å²) in [5.41, 5.74) is 5.14. The normalized spacial score (nSPS) is 18.3. The molecular formula is C30H35N5O3. The number of ether oxygens (including phenoxy) is 1. The average molecular weight is 514 g/mol. The predicted octanol–water partition coefficient (Wildman–Crippen LogP) is 4.91. The fourth-order valence-corrected chi connectivity index (χ4v) is 5.61. The molecule has 0 saturated carbocycles. The molecule has 3 aromatic rings. The largest absolute Gasteiger partial charge is 0.506 e. The number of hydrogen-bond acceptors (Lipinski definition) is 7. The van der Waals surface area contributed by atoms with Crippen molar-refractivity contribution in [3.8, 4) is 23.1 Å². The van der Waals surface area contributed by atoms with Crippen molar-refractivity contribution in [1.82, 2.24) is 14.8 Å². The number of aromatic nitrogens is 1. The van der Waals surface area contributed by atoms with E-state index in [9.17, 15) is 15.2 Å². The first kappa shape index (κ1) is 25.8. The fourth-order valence-electron chi connectivity index (χ4n) is 5.61. The van der Waals surface area contributed by atoms with E-state index in [0.717, 1.165) is 36.1 Å². The van der Waals surface area contributed by atoms with E-state index in [1.165, 1.54) is 11.1 Å². The Balaban J connectivity index is 1.62. The van der Waals surface area contributed by atoms with Crippen molar-refractivity contribution >= 4 is 22.7 Å². The van der Waals surface area contributed by atoms with E-state index in [1.807, 2.05) is 45.9 Å². The highest BCUT2D eigenvalue weighted by molar-refractivity contribution is 6.01. The molecule has 3 heterocycles. The molecule has 1 N–H and O–H groups in total. The van der Waals surface area contributed by atoms with E-state index in [0.29, 0.717) is 36.4 Å². The van der Waals surface area contributed by atoms with Crippen LogP contribution in [0.25, 0.3) is 22.2 Å². The Hall–Kier alpha value is -3.83. The molecule has 1 amide bonds. The molecule has 1 aromatic heterocycles. The molecule has 1 atom stereocenters. The molecule has 2 aliphatic heterocycles. The van der Waals surface area contributed by atoms with Gasteiger partial charge in [0.05, 0.1) is 11.4 Å². The maximum absolute atomic E-state index is 12.8. The van der Waals surface area contributed by atoms with Crippen molar-refractivity contribution in [1.29, 1.82) is 5.26 Å². The highest BCUT2D eigenvalue weighted by Crippen LogP contribution is 2.41. The summed E-state index contributed by atoms with van der Waals surface area (Å²) < 4.78 is 5.63. The van der Waals surface area contributed by atoms with Gasteiger partial charge in [-0.1, -0.05) is 30.3 Å². The van der Waals surface area contributed by atoms with Crippen LogP contribution in [0.2, 0.25) is 0 Å². The summed E-state index contributed by atoms with van der Waals surface area (Å²) in [6.07, 6.45) is 0.540. The van der Waals surface area contributed by atoms with Crippen molar-refractivity contribution in [2.45, 2.75) is 52.3 Å². The predicted molar refractivity (Wildman–Crippen MR) is 148 cm³/mol. The lowest BCUT2D eigenvalue weighted by atomic mass is 9.90. The SMILES string of the molecule is C[C@H]1CN(c2c(C#N)c(-c3cccc4c3CCN(C)C4)nc3c(O)cccc23)CCN1C(=O)OC(C)(C)C. The zero-order chi connectivity index (χ0) is 27.2. The first-order valence-corrected chi connectivity index (χ1v) is 13.2. The number of hydrogen-bond donors (Lipinski definition) is 1. The maximum atomic E-state index is 12.8. The van der Waals surface area contributed by atoms with Crippen LogP contribution in [-0.2, 0) is 17.7 Å². The zero-order valence-electron chi connectivity index (χ0n) is 22.8. The van der Waals surface area contributed by atoms with E-state index < -0.39 is 5.60 Å². The standard InChI is InChI=1S/C30H35N5O3/c1-19-17-34(14-15-35(19)29(37)38-30(2,3)4)28-23-10-7-11-25(36)27(23)32-26(24(28)16-31)22-9-6-8-20-18-33(5)13-12-21(20)22/h6-11,19,36H,12-15,17-18H2,1-5H3/t19-/m0/s1. The lowest BCUT2D eigenvalue weighted by Gasteiger charge is -2.42. The number of likely N-dealkylation sites (N-methyl/N-ethyl adjacent to an activating group) is 1.